The maximum Gasteiger partial charge on any atom is 0.265 e. The first-order valence-electron chi connectivity index (χ1n) is 18.7. The Hall–Kier alpha value is -5.61. The molecular formula is C40H42N6O10S5. The van der Waals surface area contributed by atoms with Crippen molar-refractivity contribution in [1.82, 2.24) is 9.97 Å². The number of nitrogens with two attached hydrogens (primary N) is 1. The summed E-state index contributed by atoms with van der Waals surface area (Å²) in [4.78, 5) is 9.73. The van der Waals surface area contributed by atoms with Gasteiger partial charge in [0.15, 0.2) is 10.3 Å². The molecule has 1 aliphatic carbocycles. The zero-order chi connectivity index (χ0) is 43.5. The van der Waals surface area contributed by atoms with E-state index >= 15 is 0 Å². The van der Waals surface area contributed by atoms with Crippen LogP contribution < -0.4 is 34.1 Å². The highest BCUT2D eigenvalue weighted by atomic mass is 32.2. The molecule has 6 N–H and O–H groups in total. The van der Waals surface area contributed by atoms with Crippen molar-refractivity contribution < 1.29 is 44.6 Å². The molecule has 0 saturated heterocycles. The third-order valence-electron chi connectivity index (χ3n) is 9.76. The highest BCUT2D eigenvalue weighted by molar-refractivity contribution is 7.93. The van der Waals surface area contributed by atoms with Gasteiger partial charge in [0, 0.05) is 11.4 Å². The van der Waals surface area contributed by atoms with Crippen LogP contribution in [-0.4, -0.2) is 59.8 Å². The number of phenols is 1. The van der Waals surface area contributed by atoms with Gasteiger partial charge >= 0.3 is 0 Å². The van der Waals surface area contributed by atoms with E-state index in [2.05, 4.69) is 24.1 Å². The minimum Gasteiger partial charge on any atom is -0.508 e. The molecule has 61 heavy (non-hydrogen) atoms. The molecule has 0 unspecified atom stereocenters. The molecule has 2 heterocycles. The number of methoxy groups -OCH3 is 2. The summed E-state index contributed by atoms with van der Waals surface area (Å²) in [7, 11) is -9.46. The number of thiazole rings is 2. The number of aryl methyl sites for hydroxylation is 1. The Morgan fingerprint density at radius 1 is 0.705 bits per heavy atom. The highest BCUT2D eigenvalue weighted by Gasteiger charge is 2.30. The van der Waals surface area contributed by atoms with Gasteiger partial charge in [-0.05, 0) is 116 Å². The quantitative estimate of drug-likeness (QED) is 0.0583. The van der Waals surface area contributed by atoms with Crippen LogP contribution in [0.4, 0.5) is 21.6 Å². The molecule has 16 nitrogen and oxygen atoms in total. The fraction of sp³-hybridized carbons (Fsp3) is 0.250. The zero-order valence-electron chi connectivity index (χ0n) is 33.0. The van der Waals surface area contributed by atoms with Gasteiger partial charge in [0.1, 0.15) is 39.4 Å². The van der Waals surface area contributed by atoms with Crippen LogP contribution in [0.2, 0.25) is 0 Å². The SMILES string of the molecule is COc1ccc(-c2sc(N)nc2C)cc1S(=O)(=O)Nc1ccc(OCc2nc(NS(=O)(=O)C3CCCCC3)sc2-c2ccc(OC)c(S(=O)(=O)Nc3ccc(O)cc3)c2)cc1. The molecule has 6 aromatic rings. The molecule has 0 bridgehead atoms. The van der Waals surface area contributed by atoms with Crippen molar-refractivity contribution >= 4 is 74.4 Å². The number of hydrogen-bond donors (Lipinski definition) is 5. The number of nitrogens with one attached hydrogen (secondary N) is 3. The summed E-state index contributed by atoms with van der Waals surface area (Å²) >= 11 is 2.27. The number of nitrogen functional groups attached to an aromatic ring is 1. The lowest BCUT2D eigenvalue weighted by Gasteiger charge is -2.21. The summed E-state index contributed by atoms with van der Waals surface area (Å²) < 4.78 is 106. The van der Waals surface area contributed by atoms with Crippen molar-refractivity contribution in [3.05, 3.63) is 96.3 Å². The third kappa shape index (κ3) is 9.97. The van der Waals surface area contributed by atoms with E-state index in [-0.39, 0.29) is 50.2 Å². The number of anilines is 4. The number of rotatable bonds is 16. The Morgan fingerprint density at radius 3 is 1.77 bits per heavy atom. The number of aromatic hydroxyl groups is 1. The van der Waals surface area contributed by atoms with Gasteiger partial charge in [-0.15, -0.1) is 0 Å². The Labute approximate surface area is 361 Å². The second-order valence-corrected chi connectivity index (χ2v) is 21.3. The average Bonchev–Trinajstić information content (AvgIpc) is 3.81. The summed E-state index contributed by atoms with van der Waals surface area (Å²) in [6.45, 7) is 1.62. The van der Waals surface area contributed by atoms with Crippen LogP contribution in [-0.2, 0) is 36.7 Å². The number of aromatic nitrogens is 2. The predicted octanol–water partition coefficient (Wildman–Crippen LogP) is 7.80. The molecule has 21 heteroatoms. The minimum absolute atomic E-state index is 0.0362. The van der Waals surface area contributed by atoms with E-state index in [4.69, 9.17) is 19.9 Å². The van der Waals surface area contributed by atoms with Crippen molar-refractivity contribution in [3.63, 3.8) is 0 Å². The maximum absolute atomic E-state index is 13.7. The Bertz CT molecular complexity index is 2880. The maximum atomic E-state index is 13.7. The number of sulfonamides is 3. The Kier molecular flexibility index (Phi) is 12.7. The molecular weight excluding hydrogens is 885 g/mol. The Balaban J connectivity index is 1.15. The van der Waals surface area contributed by atoms with Crippen LogP contribution in [0.1, 0.15) is 43.5 Å². The van der Waals surface area contributed by atoms with E-state index < -0.39 is 35.3 Å². The molecule has 0 atom stereocenters. The van der Waals surface area contributed by atoms with Gasteiger partial charge < -0.3 is 25.1 Å². The summed E-state index contributed by atoms with van der Waals surface area (Å²) in [5.41, 5.74) is 8.31. The van der Waals surface area contributed by atoms with Gasteiger partial charge in [0.05, 0.1) is 40.6 Å². The second-order valence-electron chi connectivity index (χ2n) is 14.0. The van der Waals surface area contributed by atoms with Gasteiger partial charge in [-0.25, -0.2) is 35.2 Å². The lowest BCUT2D eigenvalue weighted by Crippen LogP contribution is -2.29. The number of benzene rings is 4. The van der Waals surface area contributed by atoms with Crippen LogP contribution in [0, 0.1) is 6.92 Å². The molecule has 0 aliphatic heterocycles. The lowest BCUT2D eigenvalue weighted by molar-refractivity contribution is 0.303. The average molecular weight is 927 g/mol. The van der Waals surface area contributed by atoms with Crippen molar-refractivity contribution in [3.8, 4) is 43.9 Å². The normalized spacial score (nSPS) is 13.7. The summed E-state index contributed by atoms with van der Waals surface area (Å²) in [6, 6.07) is 21.0. The van der Waals surface area contributed by atoms with Gasteiger partial charge in [0.2, 0.25) is 10.0 Å². The summed E-state index contributed by atoms with van der Waals surface area (Å²) in [5, 5.41) is 9.55. The molecule has 0 spiro atoms. The topological polar surface area (TPSA) is 238 Å². The van der Waals surface area contributed by atoms with Crippen molar-refractivity contribution in [2.24, 2.45) is 0 Å². The zero-order valence-corrected chi connectivity index (χ0v) is 37.1. The smallest absolute Gasteiger partial charge is 0.265 e. The second kappa shape index (κ2) is 17.8. The third-order valence-corrected chi connectivity index (χ3v) is 16.6. The van der Waals surface area contributed by atoms with E-state index in [1.807, 2.05) is 0 Å². The van der Waals surface area contributed by atoms with Crippen molar-refractivity contribution in [2.45, 2.75) is 60.7 Å². The first-order valence-corrected chi connectivity index (χ1v) is 24.9. The molecule has 1 fully saturated rings. The van der Waals surface area contributed by atoms with Crippen LogP contribution in [0.15, 0.2) is 94.7 Å². The number of phenolic OH excluding ortho intramolecular Hbond substituents is 1. The molecule has 322 valence electrons. The number of ether oxygens (including phenoxy) is 3. The molecule has 0 radical (unpaired) electrons. The molecule has 1 aliphatic rings. The summed E-state index contributed by atoms with van der Waals surface area (Å²) in [5.74, 6) is 0.490. The monoisotopic (exact) mass is 926 g/mol. The van der Waals surface area contributed by atoms with E-state index in [0.29, 0.717) is 51.1 Å². The molecule has 0 amide bonds. The standard InChI is InChI=1S/C40H42N6O10S5/c1-24-37(57-39(41)42-24)25-9-19-33(54-2)35(21-25)60(50,51)45-28-13-17-30(18-14-28)56-23-32-38(58-40(43-32)46-59(48,49)31-7-5-4-6-8-31)26-10-20-34(55-3)36(22-26)61(52,53)44-27-11-15-29(47)16-12-27/h9-22,31,44-45,47H,4-8,23H2,1-3H3,(H2,41,42)(H,43,46). The Morgan fingerprint density at radius 2 is 1.25 bits per heavy atom. The minimum atomic E-state index is -4.24. The van der Waals surface area contributed by atoms with Gasteiger partial charge in [-0.1, -0.05) is 41.9 Å². The van der Waals surface area contributed by atoms with Crippen LogP contribution in [0.25, 0.3) is 20.9 Å². The number of hydrogen-bond acceptors (Lipinski definition) is 15. The van der Waals surface area contributed by atoms with E-state index in [1.54, 1.807) is 37.3 Å². The fourth-order valence-electron chi connectivity index (χ4n) is 6.76. The van der Waals surface area contributed by atoms with Gasteiger partial charge in [-0.3, -0.25) is 14.2 Å². The highest BCUT2D eigenvalue weighted by Crippen LogP contribution is 2.40. The van der Waals surface area contributed by atoms with E-state index in [9.17, 15) is 30.4 Å². The van der Waals surface area contributed by atoms with E-state index in [1.165, 1.54) is 80.2 Å². The first kappa shape index (κ1) is 43.5. The molecule has 2 aromatic heterocycles. The molecule has 7 rings (SSSR count). The van der Waals surface area contributed by atoms with Gasteiger partial charge in [0.25, 0.3) is 20.0 Å². The summed E-state index contributed by atoms with van der Waals surface area (Å²) in [6.07, 6.45) is 3.65. The molecule has 1 saturated carbocycles. The van der Waals surface area contributed by atoms with Crippen LogP contribution in [0.5, 0.6) is 23.0 Å². The lowest BCUT2D eigenvalue weighted by atomic mass is 10.0. The predicted molar refractivity (Wildman–Crippen MR) is 237 cm³/mol. The molecule has 4 aromatic carbocycles. The van der Waals surface area contributed by atoms with Crippen LogP contribution in [0.3, 0.4) is 0 Å². The number of nitrogens with zero attached hydrogens (tertiary/aromatic N) is 2. The van der Waals surface area contributed by atoms with Gasteiger partial charge in [-0.2, -0.15) is 0 Å². The fourth-order valence-corrected chi connectivity index (χ4v) is 12.8. The largest absolute Gasteiger partial charge is 0.508 e. The van der Waals surface area contributed by atoms with E-state index in [0.717, 1.165) is 35.5 Å². The van der Waals surface area contributed by atoms with Crippen LogP contribution >= 0.6 is 22.7 Å². The van der Waals surface area contributed by atoms with Crippen molar-refractivity contribution in [1.29, 1.82) is 0 Å². The first-order chi connectivity index (χ1) is 29.0. The van der Waals surface area contributed by atoms with Crippen molar-refractivity contribution in [2.75, 3.05) is 34.1 Å².